The number of non-ortho nitro benzene ring substituents is 1. The quantitative estimate of drug-likeness (QED) is 0.660. The summed E-state index contributed by atoms with van der Waals surface area (Å²) < 4.78 is 13.7. The number of nitrogens with zero attached hydrogens (tertiary/aromatic N) is 1. The molecule has 20 heavy (non-hydrogen) atoms. The monoisotopic (exact) mass is 276 g/mol. The summed E-state index contributed by atoms with van der Waals surface area (Å²) >= 11 is 0. The topological polar surface area (TPSA) is 75.4 Å². The van der Waals surface area contributed by atoms with Crippen LogP contribution in [0.1, 0.15) is 18.5 Å². The highest BCUT2D eigenvalue weighted by molar-refractivity contribution is 5.51. The van der Waals surface area contributed by atoms with Gasteiger partial charge in [0.05, 0.1) is 16.7 Å². The molecule has 0 aromatic heterocycles. The molecular formula is C14H13FN2O3. The summed E-state index contributed by atoms with van der Waals surface area (Å²) in [5.41, 5.74) is 0.659. The molecule has 0 heterocycles. The van der Waals surface area contributed by atoms with E-state index in [9.17, 15) is 19.6 Å². The summed E-state index contributed by atoms with van der Waals surface area (Å²) in [6, 6.07) is 9.78. The SMILES string of the molecule is CC(Nc1ccc([N+](=O)[O-])cc1F)c1cccc(O)c1. The molecular weight excluding hydrogens is 263 g/mol. The van der Waals surface area contributed by atoms with Crippen LogP contribution in [-0.2, 0) is 0 Å². The van der Waals surface area contributed by atoms with Crippen molar-refractivity contribution in [1.29, 1.82) is 0 Å². The molecule has 2 N–H and O–H groups in total. The molecule has 0 bridgehead atoms. The van der Waals surface area contributed by atoms with Gasteiger partial charge in [-0.05, 0) is 30.7 Å². The van der Waals surface area contributed by atoms with Gasteiger partial charge >= 0.3 is 0 Å². The van der Waals surface area contributed by atoms with Gasteiger partial charge < -0.3 is 10.4 Å². The number of halogens is 1. The van der Waals surface area contributed by atoms with Crippen molar-refractivity contribution in [2.45, 2.75) is 13.0 Å². The number of anilines is 1. The summed E-state index contributed by atoms with van der Waals surface area (Å²) in [6.45, 7) is 1.80. The minimum absolute atomic E-state index is 0.125. The Morgan fingerprint density at radius 2 is 2.05 bits per heavy atom. The molecule has 0 aliphatic rings. The maximum Gasteiger partial charge on any atom is 0.272 e. The van der Waals surface area contributed by atoms with Crippen molar-refractivity contribution in [3.63, 3.8) is 0 Å². The van der Waals surface area contributed by atoms with Crippen LogP contribution in [0.5, 0.6) is 5.75 Å². The van der Waals surface area contributed by atoms with Crippen LogP contribution in [0.3, 0.4) is 0 Å². The van der Waals surface area contributed by atoms with Gasteiger partial charge in [-0.15, -0.1) is 0 Å². The lowest BCUT2D eigenvalue weighted by molar-refractivity contribution is -0.385. The zero-order chi connectivity index (χ0) is 14.7. The third-order valence-electron chi connectivity index (χ3n) is 2.91. The summed E-state index contributed by atoms with van der Waals surface area (Å²) in [7, 11) is 0. The van der Waals surface area contributed by atoms with Crippen LogP contribution in [0.15, 0.2) is 42.5 Å². The third kappa shape index (κ3) is 3.03. The second-order valence-corrected chi connectivity index (χ2v) is 4.38. The van der Waals surface area contributed by atoms with Gasteiger partial charge in [-0.2, -0.15) is 0 Å². The second kappa shape index (κ2) is 5.56. The van der Waals surface area contributed by atoms with Gasteiger partial charge in [0, 0.05) is 12.1 Å². The van der Waals surface area contributed by atoms with Crippen molar-refractivity contribution in [2.24, 2.45) is 0 Å². The Bertz CT molecular complexity index is 646. The Balaban J connectivity index is 2.19. The lowest BCUT2D eigenvalue weighted by Gasteiger charge is -2.16. The van der Waals surface area contributed by atoms with E-state index in [1.807, 2.05) is 0 Å². The van der Waals surface area contributed by atoms with Crippen LogP contribution >= 0.6 is 0 Å². The molecule has 0 saturated heterocycles. The average Bonchev–Trinajstić information content (AvgIpc) is 2.40. The molecule has 104 valence electrons. The maximum absolute atomic E-state index is 13.7. The van der Waals surface area contributed by atoms with E-state index < -0.39 is 10.7 Å². The Labute approximate surface area is 114 Å². The molecule has 0 spiro atoms. The van der Waals surface area contributed by atoms with Crippen LogP contribution in [0, 0.1) is 15.9 Å². The van der Waals surface area contributed by atoms with Gasteiger partial charge in [-0.3, -0.25) is 10.1 Å². The van der Waals surface area contributed by atoms with Crippen molar-refractivity contribution in [2.75, 3.05) is 5.32 Å². The highest BCUT2D eigenvalue weighted by atomic mass is 19.1. The van der Waals surface area contributed by atoms with Gasteiger partial charge in [0.2, 0.25) is 0 Å². The van der Waals surface area contributed by atoms with E-state index in [-0.39, 0.29) is 23.2 Å². The first-order valence-electron chi connectivity index (χ1n) is 5.97. The van der Waals surface area contributed by atoms with Crippen molar-refractivity contribution in [1.82, 2.24) is 0 Å². The Morgan fingerprint density at radius 3 is 2.65 bits per heavy atom. The van der Waals surface area contributed by atoms with E-state index in [0.717, 1.165) is 11.6 Å². The number of nitrogens with one attached hydrogen (secondary N) is 1. The van der Waals surface area contributed by atoms with Crippen molar-refractivity contribution < 1.29 is 14.4 Å². The number of rotatable bonds is 4. The molecule has 0 aliphatic heterocycles. The first-order valence-corrected chi connectivity index (χ1v) is 5.97. The number of aromatic hydroxyl groups is 1. The molecule has 0 saturated carbocycles. The first-order chi connectivity index (χ1) is 9.47. The zero-order valence-corrected chi connectivity index (χ0v) is 10.7. The lowest BCUT2D eigenvalue weighted by atomic mass is 10.1. The third-order valence-corrected chi connectivity index (χ3v) is 2.91. The van der Waals surface area contributed by atoms with Crippen LogP contribution in [-0.4, -0.2) is 10.0 Å². The molecule has 1 unspecified atom stereocenters. The molecule has 2 aromatic rings. The van der Waals surface area contributed by atoms with Gasteiger partial charge in [-0.25, -0.2) is 4.39 Å². The van der Waals surface area contributed by atoms with Crippen LogP contribution in [0.25, 0.3) is 0 Å². The highest BCUT2D eigenvalue weighted by Crippen LogP contribution is 2.26. The molecule has 2 rings (SSSR count). The Morgan fingerprint density at radius 1 is 1.30 bits per heavy atom. The Kier molecular flexibility index (Phi) is 3.84. The highest BCUT2D eigenvalue weighted by Gasteiger charge is 2.13. The fraction of sp³-hybridized carbons (Fsp3) is 0.143. The van der Waals surface area contributed by atoms with E-state index in [0.29, 0.717) is 0 Å². The molecule has 5 nitrogen and oxygen atoms in total. The van der Waals surface area contributed by atoms with Gasteiger partial charge in [0.1, 0.15) is 5.75 Å². The fourth-order valence-corrected chi connectivity index (χ4v) is 1.85. The van der Waals surface area contributed by atoms with Crippen LogP contribution in [0.4, 0.5) is 15.8 Å². The van der Waals surface area contributed by atoms with E-state index in [1.54, 1.807) is 31.2 Å². The van der Waals surface area contributed by atoms with Crippen LogP contribution in [0.2, 0.25) is 0 Å². The van der Waals surface area contributed by atoms with Gasteiger partial charge in [0.15, 0.2) is 5.82 Å². The minimum atomic E-state index is -0.689. The number of nitro benzene ring substituents is 1. The van der Waals surface area contributed by atoms with Gasteiger partial charge in [0.25, 0.3) is 5.69 Å². The average molecular weight is 276 g/mol. The van der Waals surface area contributed by atoms with E-state index in [2.05, 4.69) is 5.32 Å². The number of phenols is 1. The standard InChI is InChI=1S/C14H13FN2O3/c1-9(10-3-2-4-12(18)7-10)16-14-6-5-11(17(19)20)8-13(14)15/h2-9,16,18H,1H3. The summed E-state index contributed by atoms with van der Waals surface area (Å²) in [6.07, 6.45) is 0. The summed E-state index contributed by atoms with van der Waals surface area (Å²) in [5.74, 6) is -0.563. The number of hydrogen-bond donors (Lipinski definition) is 2. The van der Waals surface area contributed by atoms with Gasteiger partial charge in [-0.1, -0.05) is 12.1 Å². The van der Waals surface area contributed by atoms with E-state index in [4.69, 9.17) is 0 Å². The predicted molar refractivity (Wildman–Crippen MR) is 73.2 cm³/mol. The number of nitro groups is 1. The van der Waals surface area contributed by atoms with E-state index in [1.165, 1.54) is 12.1 Å². The largest absolute Gasteiger partial charge is 0.508 e. The zero-order valence-electron chi connectivity index (χ0n) is 10.7. The van der Waals surface area contributed by atoms with Crippen LogP contribution < -0.4 is 5.32 Å². The molecule has 0 radical (unpaired) electrons. The predicted octanol–water partition coefficient (Wildman–Crippen LogP) is 3.61. The number of benzene rings is 2. The smallest absolute Gasteiger partial charge is 0.272 e. The molecule has 2 aromatic carbocycles. The Hall–Kier alpha value is -2.63. The lowest BCUT2D eigenvalue weighted by Crippen LogP contribution is -2.08. The normalized spacial score (nSPS) is 11.9. The minimum Gasteiger partial charge on any atom is -0.508 e. The van der Waals surface area contributed by atoms with Crippen molar-refractivity contribution in [3.05, 3.63) is 64.0 Å². The summed E-state index contributed by atoms with van der Waals surface area (Å²) in [4.78, 5) is 9.89. The molecule has 0 fully saturated rings. The second-order valence-electron chi connectivity index (χ2n) is 4.38. The number of phenolic OH excluding ortho intramolecular Hbond substituents is 1. The van der Waals surface area contributed by atoms with E-state index >= 15 is 0 Å². The number of hydrogen-bond acceptors (Lipinski definition) is 4. The van der Waals surface area contributed by atoms with Crippen molar-refractivity contribution >= 4 is 11.4 Å². The summed E-state index contributed by atoms with van der Waals surface area (Å²) in [5, 5.41) is 22.9. The first kappa shape index (κ1) is 13.8. The molecule has 1 atom stereocenters. The maximum atomic E-state index is 13.7. The van der Waals surface area contributed by atoms with Crippen molar-refractivity contribution in [3.8, 4) is 5.75 Å². The molecule has 6 heteroatoms. The molecule has 0 amide bonds. The fourth-order valence-electron chi connectivity index (χ4n) is 1.85. The molecule has 0 aliphatic carbocycles.